The number of rotatable bonds is 9. The van der Waals surface area contributed by atoms with Gasteiger partial charge in [0.15, 0.2) is 0 Å². The standard InChI is InChI=1S/C24H25N3O4S2/c1-31-19-13-8-7-12-18(19)22(29)26-25-21(28)14-6-3-9-15-27-23(30)20(33-24(27)32)16-17-10-4-2-5-11-17/h2,4-5,7-8,10-13,16H,3,6,9,14-15H2,1H3,(H,25,28)(H,26,29)/b20-16-. The zero-order valence-corrected chi connectivity index (χ0v) is 19.8. The Balaban J connectivity index is 1.36. The first-order chi connectivity index (χ1) is 16.0. The van der Waals surface area contributed by atoms with Crippen molar-refractivity contribution in [2.45, 2.75) is 25.7 Å². The second-order valence-electron chi connectivity index (χ2n) is 7.26. The minimum absolute atomic E-state index is 0.0781. The van der Waals surface area contributed by atoms with Crippen LogP contribution in [0.5, 0.6) is 5.75 Å². The Kier molecular flexibility index (Phi) is 9.03. The molecule has 3 amide bonds. The maximum Gasteiger partial charge on any atom is 0.273 e. The highest BCUT2D eigenvalue weighted by atomic mass is 32.2. The molecule has 172 valence electrons. The molecule has 0 saturated carbocycles. The molecule has 1 aliphatic rings. The van der Waals surface area contributed by atoms with Crippen molar-refractivity contribution >= 4 is 52.1 Å². The largest absolute Gasteiger partial charge is 0.496 e. The maximum atomic E-state index is 12.6. The molecule has 9 heteroatoms. The van der Waals surface area contributed by atoms with E-state index in [1.54, 1.807) is 29.2 Å². The van der Waals surface area contributed by atoms with E-state index in [0.717, 1.165) is 18.4 Å². The predicted molar refractivity (Wildman–Crippen MR) is 133 cm³/mol. The van der Waals surface area contributed by atoms with E-state index < -0.39 is 5.91 Å². The average molecular weight is 484 g/mol. The molecule has 2 N–H and O–H groups in total. The molecule has 1 aliphatic heterocycles. The first-order valence-corrected chi connectivity index (χ1v) is 11.7. The van der Waals surface area contributed by atoms with Gasteiger partial charge in [0.2, 0.25) is 5.91 Å². The average Bonchev–Trinajstić information content (AvgIpc) is 3.10. The van der Waals surface area contributed by atoms with Crippen molar-refractivity contribution in [1.29, 1.82) is 0 Å². The number of unbranched alkanes of at least 4 members (excludes halogenated alkanes) is 2. The summed E-state index contributed by atoms with van der Waals surface area (Å²) in [6.45, 7) is 0.517. The van der Waals surface area contributed by atoms with Gasteiger partial charge >= 0.3 is 0 Å². The summed E-state index contributed by atoms with van der Waals surface area (Å²) in [6.07, 6.45) is 4.22. The van der Waals surface area contributed by atoms with Gasteiger partial charge in [0.25, 0.3) is 11.8 Å². The summed E-state index contributed by atoms with van der Waals surface area (Å²) in [7, 11) is 1.48. The summed E-state index contributed by atoms with van der Waals surface area (Å²) in [5.74, 6) is -0.377. The second kappa shape index (κ2) is 12.2. The number of hydrogen-bond donors (Lipinski definition) is 2. The lowest BCUT2D eigenvalue weighted by molar-refractivity contribution is -0.123. The molecule has 0 bridgehead atoms. The molecule has 1 saturated heterocycles. The third kappa shape index (κ3) is 6.90. The molecule has 0 atom stereocenters. The molecule has 0 radical (unpaired) electrons. The molecular formula is C24H25N3O4S2. The monoisotopic (exact) mass is 483 g/mol. The van der Waals surface area contributed by atoms with Gasteiger partial charge in [-0.1, -0.05) is 72.9 Å². The number of methoxy groups -OCH3 is 1. The van der Waals surface area contributed by atoms with Crippen LogP contribution in [-0.4, -0.2) is 40.6 Å². The van der Waals surface area contributed by atoms with E-state index in [-0.39, 0.29) is 18.2 Å². The molecule has 0 spiro atoms. The first-order valence-electron chi connectivity index (χ1n) is 10.5. The van der Waals surface area contributed by atoms with Crippen LogP contribution in [0.25, 0.3) is 6.08 Å². The Hall–Kier alpha value is -3.17. The van der Waals surface area contributed by atoms with Crippen LogP contribution >= 0.6 is 24.0 Å². The molecule has 0 unspecified atom stereocenters. The number of thioether (sulfide) groups is 1. The van der Waals surface area contributed by atoms with Crippen molar-refractivity contribution in [2.75, 3.05) is 13.7 Å². The van der Waals surface area contributed by atoms with Crippen molar-refractivity contribution in [3.05, 3.63) is 70.6 Å². The lowest BCUT2D eigenvalue weighted by Crippen LogP contribution is -2.41. The number of hydrogen-bond acceptors (Lipinski definition) is 6. The number of nitrogens with one attached hydrogen (secondary N) is 2. The van der Waals surface area contributed by atoms with Crippen molar-refractivity contribution in [3.8, 4) is 5.75 Å². The predicted octanol–water partition coefficient (Wildman–Crippen LogP) is 3.92. The number of benzene rings is 2. The summed E-state index contributed by atoms with van der Waals surface area (Å²) in [6, 6.07) is 16.4. The minimum Gasteiger partial charge on any atom is -0.496 e. The smallest absolute Gasteiger partial charge is 0.273 e. The van der Waals surface area contributed by atoms with E-state index in [0.29, 0.717) is 33.5 Å². The summed E-state index contributed by atoms with van der Waals surface area (Å²) >= 11 is 6.67. The van der Waals surface area contributed by atoms with Crippen molar-refractivity contribution in [3.63, 3.8) is 0 Å². The quantitative estimate of drug-likeness (QED) is 0.243. The van der Waals surface area contributed by atoms with E-state index in [1.807, 2.05) is 36.4 Å². The highest BCUT2D eigenvalue weighted by molar-refractivity contribution is 8.26. The van der Waals surface area contributed by atoms with Gasteiger partial charge in [-0.3, -0.25) is 30.1 Å². The highest BCUT2D eigenvalue weighted by Gasteiger charge is 2.31. The van der Waals surface area contributed by atoms with Gasteiger partial charge < -0.3 is 4.74 Å². The lowest BCUT2D eigenvalue weighted by Gasteiger charge is -2.14. The summed E-state index contributed by atoms with van der Waals surface area (Å²) in [5.41, 5.74) is 6.11. The Morgan fingerprint density at radius 2 is 1.76 bits per heavy atom. The van der Waals surface area contributed by atoms with Crippen molar-refractivity contribution in [1.82, 2.24) is 15.8 Å². The lowest BCUT2D eigenvalue weighted by atomic mass is 10.1. The fraction of sp³-hybridized carbons (Fsp3) is 0.250. The van der Waals surface area contributed by atoms with Gasteiger partial charge in [-0.05, 0) is 36.6 Å². The summed E-state index contributed by atoms with van der Waals surface area (Å²) in [5, 5.41) is 0. The number of thiocarbonyl (C=S) groups is 1. The zero-order valence-electron chi connectivity index (χ0n) is 18.2. The van der Waals surface area contributed by atoms with Gasteiger partial charge in [-0.2, -0.15) is 0 Å². The molecular weight excluding hydrogens is 458 g/mol. The van der Waals surface area contributed by atoms with Crippen LogP contribution in [0.15, 0.2) is 59.5 Å². The van der Waals surface area contributed by atoms with Crippen molar-refractivity contribution < 1.29 is 19.1 Å². The van der Waals surface area contributed by atoms with E-state index in [2.05, 4.69) is 10.9 Å². The van der Waals surface area contributed by atoms with Gasteiger partial charge in [0.1, 0.15) is 10.1 Å². The van der Waals surface area contributed by atoms with E-state index in [4.69, 9.17) is 17.0 Å². The third-order valence-electron chi connectivity index (χ3n) is 4.92. The summed E-state index contributed by atoms with van der Waals surface area (Å²) < 4.78 is 5.70. The van der Waals surface area contributed by atoms with Crippen LogP contribution < -0.4 is 15.6 Å². The first kappa shape index (κ1) is 24.5. The van der Waals surface area contributed by atoms with Crippen molar-refractivity contribution in [2.24, 2.45) is 0 Å². The Bertz CT molecular complexity index is 1060. The van der Waals surface area contributed by atoms with E-state index >= 15 is 0 Å². The SMILES string of the molecule is COc1ccccc1C(=O)NNC(=O)CCCCCN1C(=O)/C(=C/c2ccccc2)SC1=S. The van der Waals surface area contributed by atoms with Crippen LogP contribution in [-0.2, 0) is 9.59 Å². The fourth-order valence-electron chi connectivity index (χ4n) is 3.21. The van der Waals surface area contributed by atoms with Gasteiger partial charge in [-0.15, -0.1) is 0 Å². The minimum atomic E-state index is -0.446. The molecule has 2 aromatic rings. The fourth-order valence-corrected chi connectivity index (χ4v) is 4.52. The second-order valence-corrected chi connectivity index (χ2v) is 8.93. The Labute approximate surface area is 202 Å². The van der Waals surface area contributed by atoms with Crippen LogP contribution in [0.1, 0.15) is 41.6 Å². The number of hydrazine groups is 1. The Morgan fingerprint density at radius 1 is 1.03 bits per heavy atom. The van der Waals surface area contributed by atoms with Gasteiger partial charge in [-0.25, -0.2) is 0 Å². The number of para-hydroxylation sites is 1. The number of carbonyl (C=O) groups is 3. The molecule has 2 aromatic carbocycles. The van der Waals surface area contributed by atoms with Crippen LogP contribution in [0.2, 0.25) is 0 Å². The van der Waals surface area contributed by atoms with Crippen LogP contribution in [0.4, 0.5) is 0 Å². The normalized spacial score (nSPS) is 14.5. The topological polar surface area (TPSA) is 87.7 Å². The number of carbonyl (C=O) groups excluding carboxylic acids is 3. The molecule has 3 rings (SSSR count). The molecule has 33 heavy (non-hydrogen) atoms. The number of ether oxygens (including phenoxy) is 1. The maximum absolute atomic E-state index is 12.6. The van der Waals surface area contributed by atoms with E-state index in [1.165, 1.54) is 18.9 Å². The molecule has 1 fully saturated rings. The third-order valence-corrected chi connectivity index (χ3v) is 6.30. The zero-order chi connectivity index (χ0) is 23.6. The molecule has 1 heterocycles. The van der Waals surface area contributed by atoms with Gasteiger partial charge in [0, 0.05) is 13.0 Å². The van der Waals surface area contributed by atoms with E-state index in [9.17, 15) is 14.4 Å². The number of nitrogens with zero attached hydrogens (tertiary/aromatic N) is 1. The van der Waals surface area contributed by atoms with Crippen LogP contribution in [0, 0.1) is 0 Å². The Morgan fingerprint density at radius 3 is 2.52 bits per heavy atom. The molecule has 7 nitrogen and oxygen atoms in total. The molecule has 0 aromatic heterocycles. The highest BCUT2D eigenvalue weighted by Crippen LogP contribution is 2.32. The summed E-state index contributed by atoms with van der Waals surface area (Å²) in [4.78, 5) is 39.1. The number of amides is 3. The molecule has 0 aliphatic carbocycles. The van der Waals surface area contributed by atoms with Crippen LogP contribution in [0.3, 0.4) is 0 Å². The van der Waals surface area contributed by atoms with Gasteiger partial charge in [0.05, 0.1) is 17.6 Å².